The van der Waals surface area contributed by atoms with Crippen LogP contribution in [0.1, 0.15) is 83.2 Å². The molecule has 1 saturated carbocycles. The Morgan fingerprint density at radius 3 is 2.54 bits per heavy atom. The van der Waals surface area contributed by atoms with Gasteiger partial charge in [0.25, 0.3) is 5.56 Å². The summed E-state index contributed by atoms with van der Waals surface area (Å²) >= 11 is 0. The monoisotopic (exact) mass is 333 g/mol. The van der Waals surface area contributed by atoms with Crippen molar-refractivity contribution < 1.29 is 5.11 Å². The molecular formula is C19H31N3O2. The van der Waals surface area contributed by atoms with Crippen LogP contribution in [0.25, 0.3) is 5.52 Å². The van der Waals surface area contributed by atoms with Crippen LogP contribution in [0, 0.1) is 6.92 Å². The Labute approximate surface area is 144 Å². The van der Waals surface area contributed by atoms with Crippen molar-refractivity contribution in [3.63, 3.8) is 0 Å². The second kappa shape index (κ2) is 7.97. The molecule has 0 spiro atoms. The number of aliphatic hydroxyl groups is 1. The quantitative estimate of drug-likeness (QED) is 0.874. The van der Waals surface area contributed by atoms with Gasteiger partial charge in [-0.25, -0.2) is 4.98 Å². The molecule has 2 heterocycles. The van der Waals surface area contributed by atoms with Gasteiger partial charge >= 0.3 is 0 Å². The number of nitrogens with zero attached hydrogens (tertiary/aromatic N) is 2. The van der Waals surface area contributed by atoms with E-state index >= 15 is 0 Å². The number of fused-ring (bicyclic) bond motifs is 1. The first-order valence-electron chi connectivity index (χ1n) is 9.33. The van der Waals surface area contributed by atoms with E-state index < -0.39 is 5.60 Å². The van der Waals surface area contributed by atoms with E-state index in [0.29, 0.717) is 11.4 Å². The van der Waals surface area contributed by atoms with Crippen LogP contribution in [0.15, 0.2) is 17.2 Å². The maximum absolute atomic E-state index is 12.0. The summed E-state index contributed by atoms with van der Waals surface area (Å²) in [5, 5.41) is 10.5. The Hall–Kier alpha value is -1.62. The molecule has 0 saturated heterocycles. The summed E-state index contributed by atoms with van der Waals surface area (Å²) in [4.78, 5) is 19.4. The highest BCUT2D eigenvalue weighted by molar-refractivity contribution is 5.50. The first-order valence-corrected chi connectivity index (χ1v) is 9.33. The van der Waals surface area contributed by atoms with Gasteiger partial charge in [-0.1, -0.05) is 20.8 Å². The lowest BCUT2D eigenvalue weighted by Crippen LogP contribution is -2.29. The number of hydrogen-bond acceptors (Lipinski definition) is 3. The van der Waals surface area contributed by atoms with Crippen molar-refractivity contribution in [3.8, 4) is 0 Å². The fraction of sp³-hybridized carbons (Fsp3) is 0.684. The molecule has 134 valence electrons. The van der Waals surface area contributed by atoms with Crippen LogP contribution in [0.4, 0.5) is 0 Å². The lowest BCUT2D eigenvalue weighted by Gasteiger charge is -2.31. The number of imidazole rings is 1. The van der Waals surface area contributed by atoms with Crippen molar-refractivity contribution in [1.82, 2.24) is 14.4 Å². The SMILES string of the molecule is CC.CCC1(O)CCCC(c2nc(C)c3c(=O)[nH]ccn23)CCC1. The standard InChI is InChI=1S/C17H25N3O2.C2H6/c1-3-17(22)8-4-6-13(7-5-9-17)15-19-12(2)14-16(21)18-10-11-20(14)15;1-2/h10-11,13,22H,3-9H2,1-2H3,(H,18,21);1-2H3. The molecule has 1 aliphatic rings. The fourth-order valence-corrected chi connectivity index (χ4v) is 3.77. The summed E-state index contributed by atoms with van der Waals surface area (Å²) in [5.41, 5.74) is 0.894. The second-order valence-electron chi connectivity index (χ2n) is 6.62. The van der Waals surface area contributed by atoms with Crippen LogP contribution in [0.2, 0.25) is 0 Å². The van der Waals surface area contributed by atoms with Gasteiger partial charge in [-0.3, -0.25) is 9.20 Å². The van der Waals surface area contributed by atoms with Crippen LogP contribution in [0.5, 0.6) is 0 Å². The van der Waals surface area contributed by atoms with E-state index in [-0.39, 0.29) is 5.56 Å². The predicted molar refractivity (Wildman–Crippen MR) is 97.6 cm³/mol. The van der Waals surface area contributed by atoms with E-state index in [4.69, 9.17) is 0 Å². The molecule has 1 fully saturated rings. The summed E-state index contributed by atoms with van der Waals surface area (Å²) in [5.74, 6) is 1.37. The second-order valence-corrected chi connectivity index (χ2v) is 6.62. The van der Waals surface area contributed by atoms with Gasteiger partial charge < -0.3 is 10.1 Å². The summed E-state index contributed by atoms with van der Waals surface area (Å²) in [6, 6.07) is 0. The van der Waals surface area contributed by atoms with Crippen molar-refractivity contribution in [1.29, 1.82) is 0 Å². The minimum Gasteiger partial charge on any atom is -0.390 e. The third-order valence-electron chi connectivity index (χ3n) is 5.18. The van der Waals surface area contributed by atoms with Crippen molar-refractivity contribution in [2.24, 2.45) is 0 Å². The average Bonchev–Trinajstić information content (AvgIpc) is 2.91. The van der Waals surface area contributed by atoms with Crippen LogP contribution in [-0.4, -0.2) is 25.1 Å². The molecule has 2 N–H and O–H groups in total. The predicted octanol–water partition coefficient (Wildman–Crippen LogP) is 3.94. The molecule has 0 atom stereocenters. The zero-order chi connectivity index (χ0) is 17.7. The molecule has 0 amide bonds. The number of aryl methyl sites for hydroxylation is 1. The molecule has 3 rings (SSSR count). The molecule has 1 aliphatic carbocycles. The minimum absolute atomic E-state index is 0.0787. The molecule has 0 aromatic carbocycles. The average molecular weight is 333 g/mol. The third-order valence-corrected chi connectivity index (χ3v) is 5.18. The van der Waals surface area contributed by atoms with Gasteiger partial charge in [0.2, 0.25) is 0 Å². The molecule has 0 unspecified atom stereocenters. The van der Waals surface area contributed by atoms with Crippen molar-refractivity contribution in [3.05, 3.63) is 34.3 Å². The summed E-state index contributed by atoms with van der Waals surface area (Å²) in [6.07, 6.45) is 10.2. The van der Waals surface area contributed by atoms with E-state index in [1.807, 2.05) is 31.4 Å². The van der Waals surface area contributed by atoms with Crippen molar-refractivity contribution >= 4 is 5.52 Å². The van der Waals surface area contributed by atoms with Gasteiger partial charge in [0.15, 0.2) is 0 Å². The van der Waals surface area contributed by atoms with Gasteiger partial charge in [0, 0.05) is 18.3 Å². The number of H-pyrrole nitrogens is 1. The summed E-state index contributed by atoms with van der Waals surface area (Å²) < 4.78 is 1.95. The maximum atomic E-state index is 12.0. The summed E-state index contributed by atoms with van der Waals surface area (Å²) in [6.45, 7) is 7.96. The van der Waals surface area contributed by atoms with Gasteiger partial charge in [-0.2, -0.15) is 0 Å². The number of aromatic amines is 1. The van der Waals surface area contributed by atoms with Crippen LogP contribution in [-0.2, 0) is 0 Å². The number of aromatic nitrogens is 3. The molecule has 2 aromatic heterocycles. The molecule has 5 heteroatoms. The zero-order valence-corrected chi connectivity index (χ0v) is 15.4. The molecule has 5 nitrogen and oxygen atoms in total. The Morgan fingerprint density at radius 2 is 1.96 bits per heavy atom. The Kier molecular flexibility index (Phi) is 6.21. The third kappa shape index (κ3) is 3.72. The Balaban J connectivity index is 0.00000100. The van der Waals surface area contributed by atoms with Gasteiger partial charge in [0.1, 0.15) is 11.3 Å². The minimum atomic E-state index is -0.479. The van der Waals surface area contributed by atoms with E-state index in [1.54, 1.807) is 6.20 Å². The van der Waals surface area contributed by atoms with Crippen molar-refractivity contribution in [2.45, 2.75) is 84.2 Å². The number of nitrogens with one attached hydrogen (secondary N) is 1. The fourth-order valence-electron chi connectivity index (χ4n) is 3.77. The molecule has 24 heavy (non-hydrogen) atoms. The largest absolute Gasteiger partial charge is 0.390 e. The van der Waals surface area contributed by atoms with Crippen molar-refractivity contribution in [2.75, 3.05) is 0 Å². The van der Waals surface area contributed by atoms with E-state index in [1.165, 1.54) is 0 Å². The highest BCUT2D eigenvalue weighted by Gasteiger charge is 2.29. The van der Waals surface area contributed by atoms with E-state index in [9.17, 15) is 9.90 Å². The highest BCUT2D eigenvalue weighted by atomic mass is 16.3. The normalized spacial score (nSPS) is 24.8. The Morgan fingerprint density at radius 1 is 1.33 bits per heavy atom. The number of rotatable bonds is 2. The topological polar surface area (TPSA) is 70.4 Å². The molecule has 0 aliphatic heterocycles. The Bertz CT molecular complexity index is 707. The van der Waals surface area contributed by atoms with Crippen LogP contribution >= 0.6 is 0 Å². The lowest BCUT2D eigenvalue weighted by atomic mass is 9.81. The summed E-state index contributed by atoms with van der Waals surface area (Å²) in [7, 11) is 0. The molecule has 0 radical (unpaired) electrons. The van der Waals surface area contributed by atoms with Crippen LogP contribution < -0.4 is 5.56 Å². The first kappa shape index (κ1) is 18.7. The molecule has 0 bridgehead atoms. The molecular weight excluding hydrogens is 302 g/mol. The van der Waals surface area contributed by atoms with Gasteiger partial charge in [-0.05, 0) is 51.9 Å². The molecule has 2 aromatic rings. The lowest BCUT2D eigenvalue weighted by molar-refractivity contribution is 0.00897. The highest BCUT2D eigenvalue weighted by Crippen LogP contribution is 2.35. The van der Waals surface area contributed by atoms with E-state index in [0.717, 1.165) is 56.5 Å². The zero-order valence-electron chi connectivity index (χ0n) is 15.4. The van der Waals surface area contributed by atoms with Gasteiger partial charge in [-0.15, -0.1) is 0 Å². The first-order chi connectivity index (χ1) is 11.5. The van der Waals surface area contributed by atoms with Gasteiger partial charge in [0.05, 0.1) is 11.3 Å². The van der Waals surface area contributed by atoms with Crippen LogP contribution in [0.3, 0.4) is 0 Å². The van der Waals surface area contributed by atoms with E-state index in [2.05, 4.69) is 16.9 Å². The number of hydrogen-bond donors (Lipinski definition) is 2. The smallest absolute Gasteiger partial charge is 0.274 e. The maximum Gasteiger partial charge on any atom is 0.274 e.